The van der Waals surface area contributed by atoms with Crippen LogP contribution in [0, 0.1) is 12.7 Å². The Kier molecular flexibility index (Phi) is 6.32. The number of hydrogen-bond acceptors (Lipinski definition) is 2. The van der Waals surface area contributed by atoms with Crippen LogP contribution in [-0.4, -0.2) is 0 Å². The Bertz CT molecular complexity index is 1160. The van der Waals surface area contributed by atoms with Crippen molar-refractivity contribution in [3.8, 4) is 5.75 Å². The molecule has 0 aromatic heterocycles. The van der Waals surface area contributed by atoms with E-state index in [2.05, 4.69) is 54.7 Å². The number of benzene rings is 4. The first-order valence-corrected chi connectivity index (χ1v) is 10.3. The van der Waals surface area contributed by atoms with E-state index in [1.165, 1.54) is 23.3 Å². The third-order valence-corrected chi connectivity index (χ3v) is 5.50. The molecular weight excluding hydrogens is 397 g/mol. The lowest BCUT2D eigenvalue weighted by Crippen LogP contribution is -2.14. The van der Waals surface area contributed by atoms with Crippen LogP contribution in [0.3, 0.4) is 0 Å². The van der Waals surface area contributed by atoms with Crippen molar-refractivity contribution >= 4 is 22.4 Å². The van der Waals surface area contributed by atoms with Gasteiger partial charge in [-0.15, -0.1) is 0 Å². The van der Waals surface area contributed by atoms with Gasteiger partial charge in [0.15, 0.2) is 0 Å². The van der Waals surface area contributed by atoms with Crippen molar-refractivity contribution in [3.63, 3.8) is 0 Å². The molecule has 0 fully saturated rings. The van der Waals surface area contributed by atoms with Crippen molar-refractivity contribution in [1.82, 2.24) is 5.32 Å². The van der Waals surface area contributed by atoms with Crippen LogP contribution in [0.1, 0.15) is 22.3 Å². The molecule has 1 N–H and O–H groups in total. The molecule has 0 atom stereocenters. The molecule has 0 spiro atoms. The Morgan fingerprint density at radius 2 is 1.70 bits per heavy atom. The SMILES string of the molecule is Cc1ccc(CNCc2c(OCc3ccc(F)cc3Cl)ccc3ccccc23)cc1. The van der Waals surface area contributed by atoms with Gasteiger partial charge < -0.3 is 10.1 Å². The molecule has 4 aromatic carbocycles. The largest absolute Gasteiger partial charge is 0.488 e. The fourth-order valence-electron chi connectivity index (χ4n) is 3.47. The molecule has 4 aromatic rings. The van der Waals surface area contributed by atoms with Crippen LogP contribution in [0.15, 0.2) is 78.9 Å². The molecule has 0 radical (unpaired) electrons. The van der Waals surface area contributed by atoms with Crippen LogP contribution in [0.2, 0.25) is 5.02 Å². The van der Waals surface area contributed by atoms with Gasteiger partial charge in [0.05, 0.1) is 5.02 Å². The summed E-state index contributed by atoms with van der Waals surface area (Å²) in [4.78, 5) is 0. The van der Waals surface area contributed by atoms with Gasteiger partial charge in [-0.25, -0.2) is 4.39 Å². The standard InChI is InChI=1S/C26H23ClFNO/c1-18-6-8-19(9-7-18)15-29-16-24-23-5-3-2-4-20(23)11-13-26(24)30-17-21-10-12-22(28)14-25(21)27/h2-14,29H,15-17H2,1H3. The number of nitrogens with one attached hydrogen (secondary N) is 1. The third-order valence-electron chi connectivity index (χ3n) is 5.15. The molecule has 0 saturated heterocycles. The van der Waals surface area contributed by atoms with Crippen LogP contribution in [0.4, 0.5) is 4.39 Å². The lowest BCUT2D eigenvalue weighted by atomic mass is 10.0. The van der Waals surface area contributed by atoms with Gasteiger partial charge in [-0.3, -0.25) is 0 Å². The zero-order valence-electron chi connectivity index (χ0n) is 16.8. The van der Waals surface area contributed by atoms with E-state index < -0.39 is 0 Å². The van der Waals surface area contributed by atoms with Crippen LogP contribution < -0.4 is 10.1 Å². The van der Waals surface area contributed by atoms with Gasteiger partial charge in [-0.2, -0.15) is 0 Å². The van der Waals surface area contributed by atoms with Crippen molar-refractivity contribution in [1.29, 1.82) is 0 Å². The summed E-state index contributed by atoms with van der Waals surface area (Å²) in [5.41, 5.74) is 4.34. The number of halogens is 2. The summed E-state index contributed by atoms with van der Waals surface area (Å²) in [7, 11) is 0. The van der Waals surface area contributed by atoms with Crippen molar-refractivity contribution < 1.29 is 9.13 Å². The highest BCUT2D eigenvalue weighted by Gasteiger charge is 2.10. The zero-order valence-corrected chi connectivity index (χ0v) is 17.5. The third kappa shape index (κ3) is 4.81. The van der Waals surface area contributed by atoms with Gasteiger partial charge in [0.1, 0.15) is 18.2 Å². The van der Waals surface area contributed by atoms with Crippen molar-refractivity contribution in [2.75, 3.05) is 0 Å². The minimum absolute atomic E-state index is 0.280. The summed E-state index contributed by atoms with van der Waals surface area (Å²) in [6.07, 6.45) is 0. The minimum atomic E-state index is -0.351. The summed E-state index contributed by atoms with van der Waals surface area (Å²) < 4.78 is 19.4. The molecule has 0 saturated carbocycles. The van der Waals surface area contributed by atoms with E-state index in [9.17, 15) is 4.39 Å². The van der Waals surface area contributed by atoms with E-state index >= 15 is 0 Å². The normalized spacial score (nSPS) is 11.0. The molecule has 0 amide bonds. The molecule has 2 nitrogen and oxygen atoms in total. The number of hydrogen-bond donors (Lipinski definition) is 1. The van der Waals surface area contributed by atoms with E-state index in [4.69, 9.17) is 16.3 Å². The van der Waals surface area contributed by atoms with E-state index in [1.54, 1.807) is 6.07 Å². The van der Waals surface area contributed by atoms with Crippen molar-refractivity contribution in [2.24, 2.45) is 0 Å². The molecule has 4 rings (SSSR count). The maximum Gasteiger partial charge on any atom is 0.124 e. The second kappa shape index (κ2) is 9.29. The maximum atomic E-state index is 13.3. The fraction of sp³-hybridized carbons (Fsp3) is 0.154. The Morgan fingerprint density at radius 3 is 2.50 bits per heavy atom. The van der Waals surface area contributed by atoms with Gasteiger partial charge >= 0.3 is 0 Å². The summed E-state index contributed by atoms with van der Waals surface area (Å²) in [5, 5.41) is 6.21. The number of rotatable bonds is 7. The maximum absolute atomic E-state index is 13.3. The van der Waals surface area contributed by atoms with Gasteiger partial charge in [-0.1, -0.05) is 77.8 Å². The molecular formula is C26H23ClFNO. The first kappa shape index (κ1) is 20.4. The molecule has 0 aliphatic carbocycles. The molecule has 0 aliphatic heterocycles. The van der Waals surface area contributed by atoms with Crippen LogP contribution in [0.25, 0.3) is 10.8 Å². The second-order valence-electron chi connectivity index (χ2n) is 7.38. The minimum Gasteiger partial charge on any atom is -0.488 e. The first-order valence-electron chi connectivity index (χ1n) is 9.94. The van der Waals surface area contributed by atoms with Crippen molar-refractivity contribution in [2.45, 2.75) is 26.6 Å². The van der Waals surface area contributed by atoms with Crippen LogP contribution >= 0.6 is 11.6 Å². The Labute approximate surface area is 181 Å². The van der Waals surface area contributed by atoms with E-state index in [-0.39, 0.29) is 12.4 Å². The second-order valence-corrected chi connectivity index (χ2v) is 7.78. The average molecular weight is 420 g/mol. The highest BCUT2D eigenvalue weighted by Crippen LogP contribution is 2.29. The lowest BCUT2D eigenvalue weighted by Gasteiger charge is -2.16. The van der Waals surface area contributed by atoms with Gasteiger partial charge in [0.2, 0.25) is 0 Å². The number of ether oxygens (including phenoxy) is 1. The summed E-state index contributed by atoms with van der Waals surface area (Å²) in [6.45, 7) is 3.81. The van der Waals surface area contributed by atoms with Gasteiger partial charge in [0, 0.05) is 24.2 Å². The highest BCUT2D eigenvalue weighted by atomic mass is 35.5. The van der Waals surface area contributed by atoms with Crippen LogP contribution in [0.5, 0.6) is 5.75 Å². The molecule has 4 heteroatoms. The molecule has 0 aliphatic rings. The predicted molar refractivity (Wildman–Crippen MR) is 121 cm³/mol. The fourth-order valence-corrected chi connectivity index (χ4v) is 3.69. The van der Waals surface area contributed by atoms with Gasteiger partial charge in [0.25, 0.3) is 0 Å². The van der Waals surface area contributed by atoms with Crippen molar-refractivity contribution in [3.05, 3.63) is 112 Å². The predicted octanol–water partition coefficient (Wildman–Crippen LogP) is 6.81. The Hall–Kier alpha value is -2.88. The molecule has 0 unspecified atom stereocenters. The quantitative estimate of drug-likeness (QED) is 0.355. The lowest BCUT2D eigenvalue weighted by molar-refractivity contribution is 0.302. The van der Waals surface area contributed by atoms with E-state index in [0.717, 1.165) is 34.2 Å². The monoisotopic (exact) mass is 419 g/mol. The number of aryl methyl sites for hydroxylation is 1. The molecule has 152 valence electrons. The average Bonchev–Trinajstić information content (AvgIpc) is 2.75. The van der Waals surface area contributed by atoms with Gasteiger partial charge in [-0.05, 0) is 41.5 Å². The highest BCUT2D eigenvalue weighted by molar-refractivity contribution is 6.31. The summed E-state index contributed by atoms with van der Waals surface area (Å²) in [5.74, 6) is 0.445. The zero-order chi connectivity index (χ0) is 20.9. The first-order chi connectivity index (χ1) is 14.6. The Morgan fingerprint density at radius 1 is 0.900 bits per heavy atom. The molecule has 0 bridgehead atoms. The van der Waals surface area contributed by atoms with E-state index in [0.29, 0.717) is 11.6 Å². The summed E-state index contributed by atoms with van der Waals surface area (Å²) >= 11 is 6.16. The topological polar surface area (TPSA) is 21.3 Å². The summed E-state index contributed by atoms with van der Waals surface area (Å²) in [6, 6.07) is 25.2. The van der Waals surface area contributed by atoms with E-state index in [1.807, 2.05) is 18.2 Å². The van der Waals surface area contributed by atoms with Crippen LogP contribution in [-0.2, 0) is 19.7 Å². The molecule has 0 heterocycles. The number of fused-ring (bicyclic) bond motifs is 1. The smallest absolute Gasteiger partial charge is 0.124 e. The Balaban J connectivity index is 1.55. The molecule has 30 heavy (non-hydrogen) atoms.